The Morgan fingerprint density at radius 2 is 2.13 bits per heavy atom. The molecule has 0 radical (unpaired) electrons. The third kappa shape index (κ3) is 3.30. The van der Waals surface area contributed by atoms with Crippen molar-refractivity contribution >= 4 is 34.5 Å². The fourth-order valence-corrected chi connectivity index (χ4v) is 4.18. The molecule has 3 aromatic rings. The quantitative estimate of drug-likeness (QED) is 0.631. The number of aliphatic imine (C=N–C) groups is 1. The first-order chi connectivity index (χ1) is 14.7. The van der Waals surface area contributed by atoms with Crippen LogP contribution in [0.3, 0.4) is 0 Å². The van der Waals surface area contributed by atoms with E-state index in [4.69, 9.17) is 26.3 Å². The Balaban J connectivity index is 1.59. The van der Waals surface area contributed by atoms with Crippen LogP contribution in [0.2, 0.25) is 5.02 Å². The number of rotatable bonds is 5. The molecule has 1 N–H and O–H groups in total. The Morgan fingerprint density at radius 1 is 1.27 bits per heavy atom. The van der Waals surface area contributed by atoms with Gasteiger partial charge < -0.3 is 10.1 Å². The van der Waals surface area contributed by atoms with Gasteiger partial charge in [0, 0.05) is 30.8 Å². The number of nitrogens with one attached hydrogen (secondary N) is 1. The van der Waals surface area contributed by atoms with E-state index in [2.05, 4.69) is 10.2 Å². The average molecular weight is 429 g/mol. The van der Waals surface area contributed by atoms with Crippen LogP contribution in [0.4, 0.5) is 10.3 Å². The normalized spacial score (nSPS) is 18.7. The standard InChI is InChI=1S/C21H22ClFN6O/c1-30-10-4-9-27-12-24-20-26-19(15-8-7-14(22)11-16(15)23)29-18-6-3-2-5-17(18)25-21(29)28(20)13-27/h2-3,5-8,11,19H,4,9-10,12-13H2,1H3,(H,24,26)/t19-/m1/s1. The maximum absolute atomic E-state index is 14.9. The third-order valence-corrected chi connectivity index (χ3v) is 5.68. The van der Waals surface area contributed by atoms with Crippen molar-refractivity contribution in [1.29, 1.82) is 0 Å². The first-order valence-electron chi connectivity index (χ1n) is 9.87. The van der Waals surface area contributed by atoms with Crippen molar-refractivity contribution in [2.45, 2.75) is 12.6 Å². The van der Waals surface area contributed by atoms with Crippen LogP contribution in [-0.4, -0.2) is 54.0 Å². The number of hydrogen-bond acceptors (Lipinski definition) is 6. The number of imidazole rings is 1. The summed E-state index contributed by atoms with van der Waals surface area (Å²) in [6.45, 7) is 2.80. The lowest BCUT2D eigenvalue weighted by Crippen LogP contribution is -2.57. The van der Waals surface area contributed by atoms with E-state index in [1.807, 2.05) is 33.7 Å². The fraction of sp³-hybridized carbons (Fsp3) is 0.333. The highest BCUT2D eigenvalue weighted by Crippen LogP contribution is 2.35. The number of aromatic nitrogens is 2. The number of nitrogens with zero attached hydrogens (tertiary/aromatic N) is 5. The highest BCUT2D eigenvalue weighted by molar-refractivity contribution is 6.30. The molecular weight excluding hydrogens is 407 g/mol. The van der Waals surface area contributed by atoms with Gasteiger partial charge in [-0.25, -0.2) is 14.4 Å². The Morgan fingerprint density at radius 3 is 2.97 bits per heavy atom. The predicted octanol–water partition coefficient (Wildman–Crippen LogP) is 3.41. The van der Waals surface area contributed by atoms with E-state index in [0.717, 1.165) is 29.9 Å². The molecule has 0 fully saturated rings. The molecule has 0 bridgehead atoms. The molecule has 0 saturated heterocycles. The molecule has 7 nitrogen and oxygen atoms in total. The van der Waals surface area contributed by atoms with Gasteiger partial charge in [0.15, 0.2) is 0 Å². The van der Waals surface area contributed by atoms with Crippen molar-refractivity contribution in [1.82, 2.24) is 19.8 Å². The Kier molecular flexibility index (Phi) is 5.06. The molecule has 156 valence electrons. The summed E-state index contributed by atoms with van der Waals surface area (Å²) in [5.74, 6) is 1.07. The number of methoxy groups -OCH3 is 1. The second-order valence-electron chi connectivity index (χ2n) is 7.42. The lowest BCUT2D eigenvalue weighted by molar-refractivity contribution is 0.171. The molecule has 0 spiro atoms. The number of guanidine groups is 1. The molecule has 2 aromatic carbocycles. The van der Waals surface area contributed by atoms with Crippen LogP contribution in [0.1, 0.15) is 18.2 Å². The van der Waals surface area contributed by atoms with Gasteiger partial charge in [0.25, 0.3) is 0 Å². The summed E-state index contributed by atoms with van der Waals surface area (Å²) in [6, 6.07) is 12.6. The van der Waals surface area contributed by atoms with Gasteiger partial charge >= 0.3 is 0 Å². The number of halogens is 2. The number of para-hydroxylation sites is 2. The molecule has 0 saturated carbocycles. The average Bonchev–Trinajstić information content (AvgIpc) is 3.14. The van der Waals surface area contributed by atoms with Crippen molar-refractivity contribution in [2.75, 3.05) is 38.5 Å². The van der Waals surface area contributed by atoms with Gasteiger partial charge in [0.2, 0.25) is 11.9 Å². The molecule has 0 amide bonds. The summed E-state index contributed by atoms with van der Waals surface area (Å²) in [7, 11) is 1.71. The zero-order valence-electron chi connectivity index (χ0n) is 16.6. The Labute approximate surface area is 178 Å². The summed E-state index contributed by atoms with van der Waals surface area (Å²) in [4.78, 5) is 13.9. The third-order valence-electron chi connectivity index (χ3n) is 5.44. The van der Waals surface area contributed by atoms with Crippen LogP contribution in [0.15, 0.2) is 47.5 Å². The fourth-order valence-electron chi connectivity index (χ4n) is 4.02. The molecule has 5 rings (SSSR count). The van der Waals surface area contributed by atoms with Gasteiger partial charge in [-0.2, -0.15) is 0 Å². The van der Waals surface area contributed by atoms with Crippen LogP contribution >= 0.6 is 11.6 Å². The second kappa shape index (κ2) is 7.86. The number of fused-ring (bicyclic) bond motifs is 5. The van der Waals surface area contributed by atoms with E-state index in [9.17, 15) is 4.39 Å². The molecule has 0 unspecified atom stereocenters. The zero-order chi connectivity index (χ0) is 20.7. The van der Waals surface area contributed by atoms with Gasteiger partial charge in [-0.3, -0.25) is 14.4 Å². The predicted molar refractivity (Wildman–Crippen MR) is 115 cm³/mol. The smallest absolute Gasteiger partial charge is 0.216 e. The maximum atomic E-state index is 14.9. The van der Waals surface area contributed by atoms with E-state index in [1.54, 1.807) is 19.2 Å². The van der Waals surface area contributed by atoms with Crippen molar-refractivity contribution in [2.24, 2.45) is 4.99 Å². The van der Waals surface area contributed by atoms with Crippen molar-refractivity contribution in [3.8, 4) is 0 Å². The summed E-state index contributed by atoms with van der Waals surface area (Å²) in [5.41, 5.74) is 2.27. The van der Waals surface area contributed by atoms with E-state index >= 15 is 0 Å². The lowest BCUT2D eigenvalue weighted by atomic mass is 10.1. The number of ether oxygens (including phenoxy) is 1. The van der Waals surface area contributed by atoms with Gasteiger partial charge in [-0.05, 0) is 30.7 Å². The molecule has 9 heteroatoms. The highest BCUT2D eigenvalue weighted by atomic mass is 35.5. The maximum Gasteiger partial charge on any atom is 0.216 e. The van der Waals surface area contributed by atoms with Crippen LogP contribution in [-0.2, 0) is 4.74 Å². The summed E-state index contributed by atoms with van der Waals surface area (Å²) < 4.78 is 22.1. The zero-order valence-corrected chi connectivity index (χ0v) is 17.3. The SMILES string of the molecule is COCCCN1CN=C2N[C@@H](c3ccc(Cl)cc3F)n3c(nc4ccccc43)N2C1. The second-order valence-corrected chi connectivity index (χ2v) is 7.85. The van der Waals surface area contributed by atoms with Crippen molar-refractivity contribution in [3.05, 3.63) is 58.9 Å². The van der Waals surface area contributed by atoms with Crippen LogP contribution in [0.5, 0.6) is 0 Å². The van der Waals surface area contributed by atoms with E-state index < -0.39 is 6.17 Å². The van der Waals surface area contributed by atoms with Gasteiger partial charge in [-0.15, -0.1) is 0 Å². The molecule has 1 atom stereocenters. The summed E-state index contributed by atoms with van der Waals surface area (Å²) >= 11 is 5.98. The summed E-state index contributed by atoms with van der Waals surface area (Å²) in [5, 5.41) is 3.79. The monoisotopic (exact) mass is 428 g/mol. The Bertz CT molecular complexity index is 1120. The lowest BCUT2D eigenvalue weighted by Gasteiger charge is -2.41. The van der Waals surface area contributed by atoms with Gasteiger partial charge in [0.1, 0.15) is 12.0 Å². The first kappa shape index (κ1) is 19.3. The van der Waals surface area contributed by atoms with Crippen LogP contribution < -0.4 is 10.2 Å². The van der Waals surface area contributed by atoms with Crippen LogP contribution in [0.25, 0.3) is 11.0 Å². The molecule has 2 aliphatic rings. The number of anilines is 1. The highest BCUT2D eigenvalue weighted by Gasteiger charge is 2.36. The number of benzene rings is 2. The van der Waals surface area contributed by atoms with Gasteiger partial charge in [0.05, 0.1) is 24.4 Å². The van der Waals surface area contributed by atoms with E-state index in [1.165, 1.54) is 6.07 Å². The Hall–Kier alpha value is -2.68. The number of hydrogen-bond donors (Lipinski definition) is 1. The first-order valence-corrected chi connectivity index (χ1v) is 10.3. The minimum Gasteiger partial charge on any atom is -0.385 e. The van der Waals surface area contributed by atoms with Gasteiger partial charge in [-0.1, -0.05) is 29.8 Å². The molecular formula is C21H22ClFN6O. The molecule has 0 aliphatic carbocycles. The minimum absolute atomic E-state index is 0.366. The molecule has 2 aliphatic heterocycles. The summed E-state index contributed by atoms with van der Waals surface area (Å²) in [6.07, 6.45) is 0.456. The molecule has 1 aromatic heterocycles. The largest absolute Gasteiger partial charge is 0.385 e. The van der Waals surface area contributed by atoms with Crippen LogP contribution in [0, 0.1) is 5.82 Å². The van der Waals surface area contributed by atoms with E-state index in [0.29, 0.717) is 36.5 Å². The topological polar surface area (TPSA) is 57.9 Å². The molecule has 30 heavy (non-hydrogen) atoms. The van der Waals surface area contributed by atoms with Crippen molar-refractivity contribution < 1.29 is 9.13 Å². The van der Waals surface area contributed by atoms with Crippen molar-refractivity contribution in [3.63, 3.8) is 0 Å². The minimum atomic E-state index is -0.472. The molecule has 3 heterocycles. The van der Waals surface area contributed by atoms with E-state index in [-0.39, 0.29) is 5.82 Å².